The Bertz CT molecular complexity index is 539. The minimum Gasteiger partial charge on any atom is -0.469 e. The number of esters is 1. The molecule has 0 aromatic carbocycles. The summed E-state index contributed by atoms with van der Waals surface area (Å²) < 4.78 is 4.69. The van der Waals surface area contributed by atoms with E-state index >= 15 is 0 Å². The zero-order valence-corrected chi connectivity index (χ0v) is 11.0. The molecule has 2 rings (SSSR count). The summed E-state index contributed by atoms with van der Waals surface area (Å²) >= 11 is 0. The van der Waals surface area contributed by atoms with Crippen LogP contribution in [0.3, 0.4) is 0 Å². The van der Waals surface area contributed by atoms with Gasteiger partial charge >= 0.3 is 11.8 Å². The zero-order chi connectivity index (χ0) is 14.7. The number of nitrogens with zero attached hydrogens (tertiary/aromatic N) is 2. The Balaban J connectivity index is 2.08. The lowest BCUT2D eigenvalue weighted by Crippen LogP contribution is -2.42. The van der Waals surface area contributed by atoms with Gasteiger partial charge in [-0.05, 0) is 23.8 Å². The van der Waals surface area contributed by atoms with Crippen LogP contribution in [0.25, 0.3) is 0 Å². The Morgan fingerprint density at radius 3 is 2.85 bits per heavy atom. The summed E-state index contributed by atoms with van der Waals surface area (Å²) in [4.78, 5) is 37.7. The molecule has 1 saturated heterocycles. The fourth-order valence-corrected chi connectivity index (χ4v) is 2.31. The highest BCUT2D eigenvalue weighted by atomic mass is 16.6. The molecule has 1 unspecified atom stereocenters. The number of rotatable bonds is 3. The van der Waals surface area contributed by atoms with E-state index in [1.165, 1.54) is 24.1 Å². The number of amides is 1. The Morgan fingerprint density at radius 1 is 1.50 bits per heavy atom. The molecule has 8 nitrogen and oxygen atoms in total. The second kappa shape index (κ2) is 5.72. The van der Waals surface area contributed by atoms with Gasteiger partial charge in [0.1, 0.15) is 0 Å². The number of aromatic amines is 1. The molecular weight excluding hydrogens is 266 g/mol. The molecule has 1 amide bonds. The van der Waals surface area contributed by atoms with Crippen molar-refractivity contribution in [2.75, 3.05) is 20.2 Å². The fourth-order valence-electron chi connectivity index (χ4n) is 2.31. The normalized spacial score (nSPS) is 18.6. The molecule has 0 radical (unpaired) electrons. The molecule has 1 fully saturated rings. The number of hydrogen-bond acceptors (Lipinski definition) is 5. The largest absolute Gasteiger partial charge is 0.469 e. The summed E-state index contributed by atoms with van der Waals surface area (Å²) in [7, 11) is 1.32. The van der Waals surface area contributed by atoms with Crippen LogP contribution in [0.15, 0.2) is 12.1 Å². The highest BCUT2D eigenvalue weighted by Crippen LogP contribution is 2.20. The number of nitro groups is 1. The van der Waals surface area contributed by atoms with Crippen molar-refractivity contribution in [1.29, 1.82) is 0 Å². The van der Waals surface area contributed by atoms with Crippen LogP contribution in [0.5, 0.6) is 0 Å². The van der Waals surface area contributed by atoms with E-state index in [1.54, 1.807) is 0 Å². The molecule has 108 valence electrons. The number of piperidine rings is 1. The summed E-state index contributed by atoms with van der Waals surface area (Å²) in [6, 6.07) is 2.62. The molecule has 0 aliphatic carbocycles. The van der Waals surface area contributed by atoms with Crippen molar-refractivity contribution >= 4 is 17.7 Å². The van der Waals surface area contributed by atoms with Gasteiger partial charge in [-0.25, -0.2) is 4.98 Å². The first-order chi connectivity index (χ1) is 9.52. The number of ether oxygens (including phenoxy) is 1. The van der Waals surface area contributed by atoms with E-state index in [9.17, 15) is 19.7 Å². The maximum absolute atomic E-state index is 12.2. The standard InChI is InChI=1S/C12H15N3O5/c1-20-12(17)8-3-2-6-14(7-8)11(16)9-4-5-10(13-9)15(18)19/h4-5,8,13H,2-3,6-7H2,1H3. The minimum absolute atomic E-state index is 0.155. The predicted octanol–water partition coefficient (Wildman–Crippen LogP) is 0.948. The summed E-state index contributed by atoms with van der Waals surface area (Å²) in [6.07, 6.45) is 1.38. The van der Waals surface area contributed by atoms with Crippen LogP contribution < -0.4 is 0 Å². The Kier molecular flexibility index (Phi) is 4.02. The van der Waals surface area contributed by atoms with Crippen molar-refractivity contribution in [3.05, 3.63) is 27.9 Å². The lowest BCUT2D eigenvalue weighted by molar-refractivity contribution is -0.389. The first kappa shape index (κ1) is 14.0. The molecule has 0 saturated carbocycles. The van der Waals surface area contributed by atoms with Crippen molar-refractivity contribution in [3.63, 3.8) is 0 Å². The Labute approximate surface area is 114 Å². The van der Waals surface area contributed by atoms with Gasteiger partial charge in [0, 0.05) is 19.2 Å². The number of likely N-dealkylation sites (tertiary alicyclic amines) is 1. The first-order valence-corrected chi connectivity index (χ1v) is 6.23. The molecule has 1 aliphatic heterocycles. The number of aromatic nitrogens is 1. The van der Waals surface area contributed by atoms with Gasteiger partial charge in [-0.1, -0.05) is 0 Å². The van der Waals surface area contributed by atoms with Gasteiger partial charge in [0.15, 0.2) is 5.69 Å². The smallest absolute Gasteiger partial charge is 0.321 e. The van der Waals surface area contributed by atoms with Crippen LogP contribution in [0.1, 0.15) is 23.3 Å². The van der Waals surface area contributed by atoms with Crippen LogP contribution in [0.2, 0.25) is 0 Å². The van der Waals surface area contributed by atoms with E-state index < -0.39 is 4.92 Å². The fraction of sp³-hybridized carbons (Fsp3) is 0.500. The van der Waals surface area contributed by atoms with E-state index in [4.69, 9.17) is 0 Å². The number of hydrogen-bond donors (Lipinski definition) is 1. The molecule has 1 aliphatic rings. The number of methoxy groups -OCH3 is 1. The van der Waals surface area contributed by atoms with Crippen LogP contribution in [0.4, 0.5) is 5.82 Å². The molecule has 2 heterocycles. The molecule has 1 aromatic rings. The minimum atomic E-state index is -0.593. The third-order valence-corrected chi connectivity index (χ3v) is 3.34. The number of carbonyl (C=O) groups is 2. The van der Waals surface area contributed by atoms with Crippen molar-refractivity contribution in [2.45, 2.75) is 12.8 Å². The van der Waals surface area contributed by atoms with Crippen molar-refractivity contribution in [3.8, 4) is 0 Å². The van der Waals surface area contributed by atoms with Crippen molar-refractivity contribution in [1.82, 2.24) is 9.88 Å². The van der Waals surface area contributed by atoms with Crippen molar-refractivity contribution < 1.29 is 19.2 Å². The molecule has 8 heteroatoms. The third-order valence-electron chi connectivity index (χ3n) is 3.34. The highest BCUT2D eigenvalue weighted by molar-refractivity contribution is 5.93. The van der Waals surface area contributed by atoms with Gasteiger partial charge < -0.3 is 19.8 Å². The molecule has 1 aromatic heterocycles. The van der Waals surface area contributed by atoms with E-state index in [1.807, 2.05) is 0 Å². The van der Waals surface area contributed by atoms with E-state index in [2.05, 4.69) is 9.72 Å². The lowest BCUT2D eigenvalue weighted by atomic mass is 9.98. The lowest BCUT2D eigenvalue weighted by Gasteiger charge is -2.30. The maximum Gasteiger partial charge on any atom is 0.321 e. The van der Waals surface area contributed by atoms with Crippen molar-refractivity contribution in [2.24, 2.45) is 5.92 Å². The van der Waals surface area contributed by atoms with Crippen LogP contribution in [0, 0.1) is 16.0 Å². The van der Waals surface area contributed by atoms with Gasteiger partial charge in [-0.2, -0.15) is 0 Å². The first-order valence-electron chi connectivity index (χ1n) is 6.23. The average Bonchev–Trinajstić information content (AvgIpc) is 2.95. The van der Waals surface area contributed by atoms with Gasteiger partial charge in [0.2, 0.25) is 0 Å². The van der Waals surface area contributed by atoms with Gasteiger partial charge in [0.25, 0.3) is 5.91 Å². The zero-order valence-electron chi connectivity index (χ0n) is 11.0. The Morgan fingerprint density at radius 2 is 2.25 bits per heavy atom. The van der Waals surface area contributed by atoms with Gasteiger partial charge in [-0.3, -0.25) is 9.59 Å². The maximum atomic E-state index is 12.2. The average molecular weight is 281 g/mol. The van der Waals surface area contributed by atoms with E-state index in [-0.39, 0.29) is 35.9 Å². The molecule has 0 spiro atoms. The quantitative estimate of drug-likeness (QED) is 0.504. The number of carbonyl (C=O) groups excluding carboxylic acids is 2. The topological polar surface area (TPSA) is 106 Å². The number of H-pyrrole nitrogens is 1. The highest BCUT2D eigenvalue weighted by Gasteiger charge is 2.31. The van der Waals surface area contributed by atoms with E-state index in [0.717, 1.165) is 0 Å². The third kappa shape index (κ3) is 2.79. The monoisotopic (exact) mass is 281 g/mol. The van der Waals surface area contributed by atoms with Gasteiger partial charge in [0.05, 0.1) is 13.0 Å². The number of nitrogens with one attached hydrogen (secondary N) is 1. The van der Waals surface area contributed by atoms with Crippen LogP contribution in [-0.2, 0) is 9.53 Å². The molecule has 1 N–H and O–H groups in total. The van der Waals surface area contributed by atoms with Crippen LogP contribution in [-0.4, -0.2) is 46.9 Å². The molecule has 0 bridgehead atoms. The summed E-state index contributed by atoms with van der Waals surface area (Å²) in [5.41, 5.74) is 0.155. The molecule has 1 atom stereocenters. The predicted molar refractivity (Wildman–Crippen MR) is 68.1 cm³/mol. The molecule has 20 heavy (non-hydrogen) atoms. The van der Waals surface area contributed by atoms with E-state index in [0.29, 0.717) is 19.4 Å². The molecular formula is C12H15N3O5. The summed E-state index contributed by atoms with van der Waals surface area (Å²) in [6.45, 7) is 0.803. The summed E-state index contributed by atoms with van der Waals surface area (Å²) in [5.74, 6) is -1.23. The second-order valence-corrected chi connectivity index (χ2v) is 4.63. The van der Waals surface area contributed by atoms with Gasteiger partial charge in [-0.15, -0.1) is 0 Å². The second-order valence-electron chi connectivity index (χ2n) is 4.63. The Hall–Kier alpha value is -2.38. The summed E-state index contributed by atoms with van der Waals surface area (Å²) in [5, 5.41) is 10.6. The SMILES string of the molecule is COC(=O)C1CCCN(C(=O)c2ccc([N+](=O)[O-])[nH]2)C1. The van der Waals surface area contributed by atoms with Crippen LogP contribution >= 0.6 is 0 Å².